The molecule has 2 atom stereocenters. The van der Waals surface area contributed by atoms with Gasteiger partial charge >= 0.3 is 19.8 Å². The van der Waals surface area contributed by atoms with E-state index in [0.29, 0.717) is 19.3 Å². The van der Waals surface area contributed by atoms with Crippen LogP contribution in [0.1, 0.15) is 117 Å². The molecule has 9 nitrogen and oxygen atoms in total. The Morgan fingerprint density at radius 2 is 1.21 bits per heavy atom. The number of phosphoric acid groups is 1. The number of carbonyl (C=O) groups excluding carboxylic acids is 2. The lowest BCUT2D eigenvalue weighted by Crippen LogP contribution is -2.29. The van der Waals surface area contributed by atoms with Crippen molar-refractivity contribution in [2.75, 3.05) is 26.4 Å². The van der Waals surface area contributed by atoms with E-state index >= 15 is 0 Å². The van der Waals surface area contributed by atoms with E-state index in [1.807, 2.05) is 54.7 Å². The molecule has 268 valence electrons. The van der Waals surface area contributed by atoms with Crippen LogP contribution in [0.2, 0.25) is 0 Å². The Labute approximate surface area is 284 Å². The zero-order chi connectivity index (χ0) is 34.7. The molecule has 0 aliphatic heterocycles. The summed E-state index contributed by atoms with van der Waals surface area (Å²) in [5.74, 6) is -0.945. The van der Waals surface area contributed by atoms with E-state index in [-0.39, 0.29) is 32.6 Å². The van der Waals surface area contributed by atoms with E-state index in [1.165, 1.54) is 38.5 Å². The molecule has 0 aromatic heterocycles. The first-order valence-corrected chi connectivity index (χ1v) is 19.0. The molecule has 0 fully saturated rings. The molecule has 0 aromatic rings. The summed E-state index contributed by atoms with van der Waals surface area (Å²) in [4.78, 5) is 34.6. The molecular formula is C37H62NO8P. The molecule has 3 N–H and O–H groups in total. The first-order chi connectivity index (χ1) is 22.8. The van der Waals surface area contributed by atoms with E-state index in [1.54, 1.807) is 0 Å². The normalized spacial score (nSPS) is 14.4. The third-order valence-electron chi connectivity index (χ3n) is 6.70. The maximum atomic E-state index is 12.4. The number of nitrogens with two attached hydrogens (primary N) is 1. The number of unbranched alkanes of at least 4 members (excludes halogenated alkanes) is 10. The summed E-state index contributed by atoms with van der Waals surface area (Å²) in [6.45, 7) is 3.43. The molecule has 0 amide bonds. The van der Waals surface area contributed by atoms with Crippen molar-refractivity contribution >= 4 is 19.8 Å². The predicted molar refractivity (Wildman–Crippen MR) is 192 cm³/mol. The third kappa shape index (κ3) is 33.2. The average Bonchev–Trinajstić information content (AvgIpc) is 3.05. The van der Waals surface area contributed by atoms with Gasteiger partial charge in [0.2, 0.25) is 0 Å². The highest BCUT2D eigenvalue weighted by Gasteiger charge is 2.25. The number of carbonyl (C=O) groups is 2. The Hall–Kier alpha value is -2.55. The van der Waals surface area contributed by atoms with Gasteiger partial charge in [-0.1, -0.05) is 125 Å². The number of hydrogen-bond donors (Lipinski definition) is 2. The molecule has 0 heterocycles. The topological polar surface area (TPSA) is 134 Å². The molecule has 2 unspecified atom stereocenters. The largest absolute Gasteiger partial charge is 0.472 e. The molecule has 47 heavy (non-hydrogen) atoms. The smallest absolute Gasteiger partial charge is 0.462 e. The molecule has 0 bridgehead atoms. The van der Waals surface area contributed by atoms with E-state index in [9.17, 15) is 19.0 Å². The molecule has 0 aliphatic rings. The summed E-state index contributed by atoms with van der Waals surface area (Å²) in [6, 6.07) is 0. The maximum Gasteiger partial charge on any atom is 0.472 e. The molecule has 0 aliphatic carbocycles. The van der Waals surface area contributed by atoms with Crippen LogP contribution in [-0.2, 0) is 32.7 Å². The Balaban J connectivity index is 4.45. The first-order valence-electron chi connectivity index (χ1n) is 17.5. The zero-order valence-electron chi connectivity index (χ0n) is 29.0. The fourth-order valence-corrected chi connectivity index (χ4v) is 4.89. The van der Waals surface area contributed by atoms with Crippen molar-refractivity contribution in [3.63, 3.8) is 0 Å². The summed E-state index contributed by atoms with van der Waals surface area (Å²) in [5.41, 5.74) is 5.31. The summed E-state index contributed by atoms with van der Waals surface area (Å²) < 4.78 is 32.4. The van der Waals surface area contributed by atoms with Crippen molar-refractivity contribution in [2.45, 2.75) is 123 Å². The summed E-state index contributed by atoms with van der Waals surface area (Å²) in [6.07, 6.45) is 38.1. The summed E-state index contributed by atoms with van der Waals surface area (Å²) >= 11 is 0. The Kier molecular flexibility index (Phi) is 31.5. The minimum Gasteiger partial charge on any atom is -0.462 e. The van der Waals surface area contributed by atoms with Gasteiger partial charge in [-0.25, -0.2) is 4.57 Å². The van der Waals surface area contributed by atoms with Crippen LogP contribution in [0.3, 0.4) is 0 Å². The highest BCUT2D eigenvalue weighted by molar-refractivity contribution is 7.47. The number of hydrogen-bond acceptors (Lipinski definition) is 8. The van der Waals surface area contributed by atoms with E-state index in [4.69, 9.17) is 24.3 Å². The van der Waals surface area contributed by atoms with Crippen LogP contribution in [0.4, 0.5) is 0 Å². The number of allylic oxidation sites excluding steroid dienone is 12. The van der Waals surface area contributed by atoms with Crippen LogP contribution >= 0.6 is 7.82 Å². The summed E-state index contributed by atoms with van der Waals surface area (Å²) in [5, 5.41) is 0. The van der Waals surface area contributed by atoms with Gasteiger partial charge in [0.1, 0.15) is 6.61 Å². The maximum absolute atomic E-state index is 12.4. The van der Waals surface area contributed by atoms with Crippen molar-refractivity contribution < 1.29 is 37.6 Å². The molecule has 0 saturated carbocycles. The molecular weight excluding hydrogens is 617 g/mol. The van der Waals surface area contributed by atoms with Gasteiger partial charge in [0.15, 0.2) is 6.10 Å². The van der Waals surface area contributed by atoms with Gasteiger partial charge in [0, 0.05) is 19.4 Å². The molecule has 0 aromatic carbocycles. The van der Waals surface area contributed by atoms with Crippen molar-refractivity contribution in [3.8, 4) is 0 Å². The zero-order valence-corrected chi connectivity index (χ0v) is 29.9. The van der Waals surface area contributed by atoms with E-state index in [2.05, 4.69) is 32.1 Å². The average molecular weight is 680 g/mol. The van der Waals surface area contributed by atoms with Gasteiger partial charge in [0.05, 0.1) is 13.2 Å². The van der Waals surface area contributed by atoms with Crippen molar-refractivity contribution in [1.82, 2.24) is 0 Å². The van der Waals surface area contributed by atoms with Gasteiger partial charge < -0.3 is 20.1 Å². The van der Waals surface area contributed by atoms with Crippen LogP contribution in [-0.4, -0.2) is 49.3 Å². The first kappa shape index (κ1) is 44.5. The SMILES string of the molecule is CC/C=C/C=C/C=C/C=C/C=C/CCCC(=O)OC(COC(=O)CCCCC/C=C/CCCCCCCC)COP(=O)(O)OCCN. The van der Waals surface area contributed by atoms with E-state index < -0.39 is 32.5 Å². The molecule has 0 radical (unpaired) electrons. The Morgan fingerprint density at radius 1 is 0.660 bits per heavy atom. The second kappa shape index (κ2) is 33.4. The van der Waals surface area contributed by atoms with Crippen LogP contribution in [0.15, 0.2) is 72.9 Å². The van der Waals surface area contributed by atoms with Gasteiger partial charge in [-0.05, 0) is 51.4 Å². The van der Waals surface area contributed by atoms with Gasteiger partial charge in [-0.15, -0.1) is 0 Å². The predicted octanol–water partition coefficient (Wildman–Crippen LogP) is 9.15. The lowest BCUT2D eigenvalue weighted by atomic mass is 10.1. The number of phosphoric ester groups is 1. The number of ether oxygens (including phenoxy) is 2. The fourth-order valence-electron chi connectivity index (χ4n) is 4.13. The molecule has 0 saturated heterocycles. The van der Waals surface area contributed by atoms with Gasteiger partial charge in [0.25, 0.3) is 0 Å². The Bertz CT molecular complexity index is 1000. The standard InChI is InChI=1S/C37H62NO8P/c1-3-5-7-9-11-13-15-17-19-21-23-25-27-29-36(39)43-33-35(34-45-47(41,42)44-32-31-38)46-37(40)30-28-26-24-22-20-18-16-14-12-10-8-6-4-2/h6,8,10,12,14,16-20,22,24,35H,3-5,7,9,11,13,15,21,23,25-34,38H2,1-2H3,(H,41,42)/b8-6+,12-10+,16-14+,19-17+,20-18+,24-22+. The lowest BCUT2D eigenvalue weighted by molar-refractivity contribution is -0.161. The summed E-state index contributed by atoms with van der Waals surface area (Å²) in [7, 11) is -4.39. The van der Waals surface area contributed by atoms with Crippen molar-refractivity contribution in [3.05, 3.63) is 72.9 Å². The third-order valence-corrected chi connectivity index (χ3v) is 7.69. The second-order valence-electron chi connectivity index (χ2n) is 11.1. The van der Waals surface area contributed by atoms with Gasteiger partial charge in [-0.3, -0.25) is 18.6 Å². The monoisotopic (exact) mass is 679 g/mol. The molecule has 10 heteroatoms. The molecule has 0 rings (SSSR count). The lowest BCUT2D eigenvalue weighted by Gasteiger charge is -2.19. The fraction of sp³-hybridized carbons (Fsp3) is 0.622. The number of rotatable bonds is 31. The molecule has 0 spiro atoms. The highest BCUT2D eigenvalue weighted by Crippen LogP contribution is 2.43. The van der Waals surface area contributed by atoms with Crippen LogP contribution in [0.25, 0.3) is 0 Å². The minimum atomic E-state index is -4.39. The van der Waals surface area contributed by atoms with Crippen molar-refractivity contribution in [2.24, 2.45) is 5.73 Å². The van der Waals surface area contributed by atoms with E-state index in [0.717, 1.165) is 32.1 Å². The highest BCUT2D eigenvalue weighted by atomic mass is 31.2. The number of esters is 2. The van der Waals surface area contributed by atoms with Crippen molar-refractivity contribution in [1.29, 1.82) is 0 Å². The Morgan fingerprint density at radius 3 is 1.85 bits per heavy atom. The van der Waals surface area contributed by atoms with Crippen LogP contribution in [0, 0.1) is 0 Å². The van der Waals surface area contributed by atoms with Gasteiger partial charge in [-0.2, -0.15) is 0 Å². The quantitative estimate of drug-likeness (QED) is 0.0242. The second-order valence-corrected chi connectivity index (χ2v) is 12.6. The minimum absolute atomic E-state index is 0.0364. The van der Waals surface area contributed by atoms with Crippen LogP contribution < -0.4 is 5.73 Å². The van der Waals surface area contributed by atoms with Crippen LogP contribution in [0.5, 0.6) is 0 Å².